The SMILES string of the molecule is O=C(Nc1ccc(Oc2ccccc2)cc1)c1ccc2c(=O)n(CCc3ccccc3)c(=S)[nH]c2c1. The molecule has 1 aromatic heterocycles. The first-order chi connectivity index (χ1) is 17.6. The summed E-state index contributed by atoms with van der Waals surface area (Å²) in [5, 5.41) is 3.36. The summed E-state index contributed by atoms with van der Waals surface area (Å²) in [6, 6.07) is 31.5. The molecule has 0 aliphatic rings. The van der Waals surface area contributed by atoms with Crippen LogP contribution in [-0.2, 0) is 13.0 Å². The number of benzene rings is 4. The molecule has 7 heteroatoms. The fourth-order valence-corrected chi connectivity index (χ4v) is 4.20. The predicted octanol–water partition coefficient (Wildman–Crippen LogP) is 6.35. The Kier molecular flexibility index (Phi) is 6.73. The lowest BCUT2D eigenvalue weighted by atomic mass is 10.1. The number of nitrogens with one attached hydrogen (secondary N) is 2. The van der Waals surface area contributed by atoms with Crippen molar-refractivity contribution in [1.82, 2.24) is 9.55 Å². The van der Waals surface area contributed by atoms with Crippen molar-refractivity contribution in [3.05, 3.63) is 129 Å². The molecule has 0 aliphatic heterocycles. The highest BCUT2D eigenvalue weighted by atomic mass is 32.1. The number of para-hydroxylation sites is 1. The second-order valence-corrected chi connectivity index (χ2v) is 8.66. The molecule has 5 rings (SSSR count). The molecule has 6 nitrogen and oxygen atoms in total. The van der Waals surface area contributed by atoms with Crippen molar-refractivity contribution < 1.29 is 9.53 Å². The van der Waals surface area contributed by atoms with Crippen LogP contribution in [0.2, 0.25) is 0 Å². The highest BCUT2D eigenvalue weighted by Crippen LogP contribution is 2.23. The molecule has 4 aromatic carbocycles. The molecule has 5 aromatic rings. The van der Waals surface area contributed by atoms with Crippen LogP contribution < -0.4 is 15.6 Å². The highest BCUT2D eigenvalue weighted by Gasteiger charge is 2.11. The molecule has 0 saturated heterocycles. The molecule has 0 unspecified atom stereocenters. The van der Waals surface area contributed by atoms with Crippen molar-refractivity contribution in [2.45, 2.75) is 13.0 Å². The lowest BCUT2D eigenvalue weighted by Crippen LogP contribution is -2.23. The van der Waals surface area contributed by atoms with E-state index in [1.807, 2.05) is 60.7 Å². The minimum Gasteiger partial charge on any atom is -0.457 e. The maximum atomic E-state index is 13.1. The summed E-state index contributed by atoms with van der Waals surface area (Å²) in [7, 11) is 0. The summed E-state index contributed by atoms with van der Waals surface area (Å²) in [5.41, 5.74) is 2.53. The molecule has 0 aliphatic carbocycles. The average Bonchev–Trinajstić information content (AvgIpc) is 2.90. The van der Waals surface area contributed by atoms with Gasteiger partial charge in [0.1, 0.15) is 11.5 Å². The fourth-order valence-electron chi connectivity index (χ4n) is 3.92. The Labute approximate surface area is 212 Å². The average molecular weight is 494 g/mol. The van der Waals surface area contributed by atoms with E-state index in [2.05, 4.69) is 10.3 Å². The van der Waals surface area contributed by atoms with Crippen molar-refractivity contribution in [2.75, 3.05) is 5.32 Å². The van der Waals surface area contributed by atoms with Crippen LogP contribution in [0.1, 0.15) is 15.9 Å². The van der Waals surface area contributed by atoms with Gasteiger partial charge < -0.3 is 15.0 Å². The number of nitrogens with zero attached hydrogens (tertiary/aromatic N) is 1. The Hall–Kier alpha value is -4.49. The minimum atomic E-state index is -0.291. The van der Waals surface area contributed by atoms with Gasteiger partial charge in [-0.05, 0) is 78.8 Å². The number of carbonyl (C=O) groups excluding carboxylic acids is 1. The summed E-state index contributed by atoms with van der Waals surface area (Å²) in [4.78, 5) is 29.0. The summed E-state index contributed by atoms with van der Waals surface area (Å²) in [6.07, 6.45) is 0.694. The van der Waals surface area contributed by atoms with E-state index in [0.29, 0.717) is 45.6 Å². The molecule has 36 heavy (non-hydrogen) atoms. The van der Waals surface area contributed by atoms with Crippen molar-refractivity contribution in [3.8, 4) is 11.5 Å². The molecule has 0 bridgehead atoms. The van der Waals surface area contributed by atoms with Crippen LogP contribution in [-0.4, -0.2) is 15.5 Å². The number of hydrogen-bond acceptors (Lipinski definition) is 4. The third-order valence-electron chi connectivity index (χ3n) is 5.80. The van der Waals surface area contributed by atoms with Gasteiger partial charge in [0, 0.05) is 17.8 Å². The number of amides is 1. The van der Waals surface area contributed by atoms with Gasteiger partial charge in [-0.1, -0.05) is 48.5 Å². The first-order valence-electron chi connectivity index (χ1n) is 11.5. The van der Waals surface area contributed by atoms with Crippen LogP contribution in [0.3, 0.4) is 0 Å². The Balaban J connectivity index is 1.31. The van der Waals surface area contributed by atoms with Gasteiger partial charge in [-0.2, -0.15) is 0 Å². The summed E-state index contributed by atoms with van der Waals surface area (Å²) in [5.74, 6) is 1.11. The molecular formula is C29H23N3O3S. The van der Waals surface area contributed by atoms with Gasteiger partial charge in [0.05, 0.1) is 10.9 Å². The van der Waals surface area contributed by atoms with Gasteiger partial charge >= 0.3 is 0 Å². The van der Waals surface area contributed by atoms with Crippen molar-refractivity contribution in [1.29, 1.82) is 0 Å². The normalized spacial score (nSPS) is 10.8. The van der Waals surface area contributed by atoms with Gasteiger partial charge in [0.15, 0.2) is 4.77 Å². The highest BCUT2D eigenvalue weighted by molar-refractivity contribution is 7.71. The third kappa shape index (κ3) is 5.26. The zero-order valence-corrected chi connectivity index (χ0v) is 20.1. The van der Waals surface area contributed by atoms with Crippen molar-refractivity contribution in [2.24, 2.45) is 0 Å². The monoisotopic (exact) mass is 493 g/mol. The molecule has 1 amide bonds. The van der Waals surface area contributed by atoms with Crippen LogP contribution in [0, 0.1) is 4.77 Å². The van der Waals surface area contributed by atoms with Crippen LogP contribution in [0.4, 0.5) is 5.69 Å². The number of rotatable bonds is 7. The topological polar surface area (TPSA) is 76.1 Å². The molecule has 0 saturated carbocycles. The lowest BCUT2D eigenvalue weighted by Gasteiger charge is -2.10. The maximum Gasteiger partial charge on any atom is 0.262 e. The van der Waals surface area contributed by atoms with E-state index in [9.17, 15) is 9.59 Å². The first-order valence-corrected chi connectivity index (χ1v) is 11.9. The molecule has 0 spiro atoms. The Morgan fingerprint density at radius 3 is 2.25 bits per heavy atom. The van der Waals surface area contributed by atoms with Crippen LogP contribution in [0.15, 0.2) is 108 Å². The van der Waals surface area contributed by atoms with E-state index >= 15 is 0 Å². The molecule has 178 valence electrons. The van der Waals surface area contributed by atoms with Gasteiger partial charge in [0.25, 0.3) is 11.5 Å². The van der Waals surface area contributed by atoms with Crippen LogP contribution in [0.5, 0.6) is 11.5 Å². The van der Waals surface area contributed by atoms with E-state index in [1.54, 1.807) is 47.0 Å². The molecule has 0 radical (unpaired) electrons. The minimum absolute atomic E-state index is 0.175. The maximum absolute atomic E-state index is 13.1. The number of H-pyrrole nitrogens is 1. The number of hydrogen-bond donors (Lipinski definition) is 2. The standard InChI is InChI=1S/C29H23N3O3S/c33-27(30-22-12-14-24(15-13-22)35-23-9-5-2-6-10-23)21-11-16-25-26(19-21)31-29(36)32(28(25)34)18-17-20-7-3-1-4-8-20/h1-16,19H,17-18H2,(H,30,33)(H,31,36). The van der Waals surface area contributed by atoms with Crippen molar-refractivity contribution >= 4 is 34.7 Å². The van der Waals surface area contributed by atoms with Crippen molar-refractivity contribution in [3.63, 3.8) is 0 Å². The van der Waals surface area contributed by atoms with E-state index < -0.39 is 0 Å². The molecule has 1 heterocycles. The van der Waals surface area contributed by atoms with Gasteiger partial charge in [-0.25, -0.2) is 0 Å². The zero-order chi connectivity index (χ0) is 24.9. The number of anilines is 1. The largest absolute Gasteiger partial charge is 0.457 e. The van der Waals surface area contributed by atoms with Gasteiger partial charge in [-0.3, -0.25) is 14.2 Å². The second-order valence-electron chi connectivity index (χ2n) is 8.28. The number of aryl methyl sites for hydroxylation is 1. The summed E-state index contributed by atoms with van der Waals surface area (Å²) in [6.45, 7) is 0.473. The molecule has 2 N–H and O–H groups in total. The number of aromatic nitrogens is 2. The summed E-state index contributed by atoms with van der Waals surface area (Å²) < 4.78 is 7.68. The second kappa shape index (κ2) is 10.4. The number of fused-ring (bicyclic) bond motifs is 1. The van der Waals surface area contributed by atoms with Crippen LogP contribution in [0.25, 0.3) is 10.9 Å². The quantitative estimate of drug-likeness (QED) is 0.259. The van der Waals surface area contributed by atoms with E-state index in [-0.39, 0.29) is 11.5 Å². The third-order valence-corrected chi connectivity index (χ3v) is 6.12. The molecule has 0 fully saturated rings. The first kappa shape index (κ1) is 23.3. The fraction of sp³-hybridized carbons (Fsp3) is 0.0690. The smallest absolute Gasteiger partial charge is 0.262 e. The van der Waals surface area contributed by atoms with E-state index in [4.69, 9.17) is 17.0 Å². The Morgan fingerprint density at radius 2 is 1.53 bits per heavy atom. The van der Waals surface area contributed by atoms with E-state index in [0.717, 1.165) is 11.3 Å². The Bertz CT molecular complexity index is 1630. The number of ether oxygens (including phenoxy) is 1. The molecular weight excluding hydrogens is 470 g/mol. The number of aromatic amines is 1. The predicted molar refractivity (Wildman–Crippen MR) is 144 cm³/mol. The lowest BCUT2D eigenvalue weighted by molar-refractivity contribution is 0.102. The van der Waals surface area contributed by atoms with E-state index in [1.165, 1.54) is 0 Å². The summed E-state index contributed by atoms with van der Waals surface area (Å²) >= 11 is 5.45. The van der Waals surface area contributed by atoms with Crippen LogP contribution >= 0.6 is 12.2 Å². The van der Waals surface area contributed by atoms with Gasteiger partial charge in [-0.15, -0.1) is 0 Å². The Morgan fingerprint density at radius 1 is 0.861 bits per heavy atom. The zero-order valence-electron chi connectivity index (χ0n) is 19.3. The number of carbonyl (C=O) groups is 1. The van der Waals surface area contributed by atoms with Gasteiger partial charge in [0.2, 0.25) is 0 Å². The molecule has 0 atom stereocenters.